The minimum atomic E-state index is -0.239. The van der Waals surface area contributed by atoms with Crippen LogP contribution in [-0.2, 0) is 4.74 Å². The van der Waals surface area contributed by atoms with Crippen LogP contribution in [-0.4, -0.2) is 12.2 Å². The minimum absolute atomic E-state index is 0.0202. The van der Waals surface area contributed by atoms with Crippen LogP contribution >= 0.6 is 27.3 Å². The minimum Gasteiger partial charge on any atom is -0.373 e. The van der Waals surface area contributed by atoms with Gasteiger partial charge in [-0.25, -0.2) is 5.43 Å². The highest BCUT2D eigenvalue weighted by Crippen LogP contribution is 2.40. The molecule has 0 aromatic carbocycles. The Balaban J connectivity index is 3.09. The highest BCUT2D eigenvalue weighted by atomic mass is 79.9. The van der Waals surface area contributed by atoms with Gasteiger partial charge in [0.15, 0.2) is 0 Å². The Morgan fingerprint density at radius 3 is 2.47 bits per heavy atom. The number of halogens is 1. The lowest BCUT2D eigenvalue weighted by atomic mass is 9.87. The number of ether oxygens (including phenoxy) is 1. The molecule has 1 unspecified atom stereocenters. The van der Waals surface area contributed by atoms with Gasteiger partial charge in [0, 0.05) is 16.0 Å². The van der Waals surface area contributed by atoms with Crippen LogP contribution in [0.5, 0.6) is 0 Å². The summed E-state index contributed by atoms with van der Waals surface area (Å²) in [6.07, 6.45) is 1.85. The van der Waals surface area contributed by atoms with Crippen molar-refractivity contribution in [3.63, 3.8) is 0 Å². The van der Waals surface area contributed by atoms with E-state index < -0.39 is 0 Å². The topological polar surface area (TPSA) is 47.3 Å². The van der Waals surface area contributed by atoms with Crippen LogP contribution in [0, 0.1) is 0 Å². The molecule has 3 N–H and O–H groups in total. The fourth-order valence-corrected chi connectivity index (χ4v) is 3.98. The first-order chi connectivity index (χ1) is 8.15. The van der Waals surface area contributed by atoms with Crippen LogP contribution in [0.4, 0.5) is 0 Å². The van der Waals surface area contributed by atoms with Gasteiger partial charge in [-0.05, 0) is 47.1 Å². The van der Waals surface area contributed by atoms with Crippen LogP contribution in [0.3, 0.4) is 0 Å². The molecule has 0 fully saturated rings. The maximum atomic E-state index is 6.00. The summed E-state index contributed by atoms with van der Waals surface area (Å²) in [5.41, 5.74) is 2.69. The average Bonchev–Trinajstić information content (AvgIpc) is 2.75. The van der Waals surface area contributed by atoms with Gasteiger partial charge in [0.25, 0.3) is 0 Å². The summed E-state index contributed by atoms with van der Waals surface area (Å²) in [4.78, 5) is 1.20. The predicted molar refractivity (Wildman–Crippen MR) is 77.0 cm³/mol. The van der Waals surface area contributed by atoms with E-state index in [-0.39, 0.29) is 11.6 Å². The Morgan fingerprint density at radius 1 is 1.47 bits per heavy atom. The molecular formula is C12H21BrN2OS. The molecule has 17 heavy (non-hydrogen) atoms. The number of nitrogens with two attached hydrogens (primary N) is 1. The van der Waals surface area contributed by atoms with Gasteiger partial charge < -0.3 is 4.74 Å². The van der Waals surface area contributed by atoms with Gasteiger partial charge >= 0.3 is 0 Å². The third kappa shape index (κ3) is 3.09. The smallest absolute Gasteiger partial charge is 0.0892 e. The second-order valence-electron chi connectivity index (χ2n) is 3.94. The van der Waals surface area contributed by atoms with Crippen LogP contribution in [0.1, 0.15) is 44.5 Å². The fourth-order valence-electron chi connectivity index (χ4n) is 2.21. The van der Waals surface area contributed by atoms with Crippen molar-refractivity contribution in [3.05, 3.63) is 20.8 Å². The van der Waals surface area contributed by atoms with Gasteiger partial charge in [-0.2, -0.15) is 0 Å². The summed E-state index contributed by atoms with van der Waals surface area (Å²) in [5.74, 6) is 5.76. The highest BCUT2D eigenvalue weighted by molar-refractivity contribution is 9.10. The lowest BCUT2D eigenvalue weighted by Crippen LogP contribution is -2.47. The van der Waals surface area contributed by atoms with Crippen LogP contribution in [0.2, 0.25) is 0 Å². The van der Waals surface area contributed by atoms with Gasteiger partial charge in [-0.1, -0.05) is 13.8 Å². The zero-order valence-corrected chi connectivity index (χ0v) is 13.0. The predicted octanol–water partition coefficient (Wildman–Crippen LogP) is 3.61. The van der Waals surface area contributed by atoms with E-state index in [9.17, 15) is 0 Å². The molecule has 3 nitrogen and oxygen atoms in total. The van der Waals surface area contributed by atoms with E-state index in [4.69, 9.17) is 10.6 Å². The van der Waals surface area contributed by atoms with Gasteiger partial charge in [-0.3, -0.25) is 5.84 Å². The van der Waals surface area contributed by atoms with E-state index in [0.29, 0.717) is 6.61 Å². The maximum absolute atomic E-state index is 6.00. The summed E-state index contributed by atoms with van der Waals surface area (Å²) >= 11 is 5.27. The fraction of sp³-hybridized carbons (Fsp3) is 0.667. The molecule has 1 aromatic heterocycles. The zero-order chi connectivity index (χ0) is 12.9. The maximum Gasteiger partial charge on any atom is 0.0892 e. The van der Waals surface area contributed by atoms with E-state index in [0.717, 1.165) is 17.3 Å². The Kier molecular flexibility index (Phi) is 6.09. The van der Waals surface area contributed by atoms with E-state index in [1.165, 1.54) is 4.88 Å². The normalized spacial score (nSPS) is 13.9. The Labute approximate surface area is 116 Å². The largest absolute Gasteiger partial charge is 0.373 e. The Bertz CT molecular complexity index is 339. The number of hydrazine groups is 1. The molecule has 0 spiro atoms. The van der Waals surface area contributed by atoms with Gasteiger partial charge in [0.05, 0.1) is 11.6 Å². The van der Waals surface area contributed by atoms with Gasteiger partial charge in [-0.15, -0.1) is 11.3 Å². The Hall–Kier alpha value is 0.0600. The van der Waals surface area contributed by atoms with E-state index in [1.54, 1.807) is 11.3 Å². The van der Waals surface area contributed by atoms with Crippen LogP contribution < -0.4 is 11.3 Å². The molecule has 0 amide bonds. The first-order valence-corrected chi connectivity index (χ1v) is 7.65. The molecule has 0 aliphatic rings. The van der Waals surface area contributed by atoms with Crippen LogP contribution in [0.15, 0.2) is 15.9 Å². The summed E-state index contributed by atoms with van der Waals surface area (Å²) in [5, 5.41) is 2.06. The van der Waals surface area contributed by atoms with Gasteiger partial charge in [0.1, 0.15) is 0 Å². The van der Waals surface area contributed by atoms with Crippen LogP contribution in [0.25, 0.3) is 0 Å². The standard InChI is InChI=1S/C12H21BrN2OS/c1-4-12(5-2,16-6-3)11(15-14)10-9(13)7-8-17-10/h7-8,11,15H,4-6,14H2,1-3H3. The number of rotatable bonds is 7. The second kappa shape index (κ2) is 6.85. The average molecular weight is 321 g/mol. The van der Waals surface area contributed by atoms with Crippen molar-refractivity contribution < 1.29 is 4.74 Å². The molecule has 0 saturated carbocycles. The van der Waals surface area contributed by atoms with E-state index >= 15 is 0 Å². The molecule has 0 bridgehead atoms. The quantitative estimate of drug-likeness (QED) is 0.596. The molecule has 1 atom stereocenters. The first-order valence-electron chi connectivity index (χ1n) is 5.98. The van der Waals surface area contributed by atoms with Crippen molar-refractivity contribution in [3.8, 4) is 0 Å². The number of nitrogens with one attached hydrogen (secondary N) is 1. The van der Waals surface area contributed by atoms with Crippen molar-refractivity contribution in [1.29, 1.82) is 0 Å². The molecular weight excluding hydrogens is 300 g/mol. The second-order valence-corrected chi connectivity index (χ2v) is 5.74. The summed E-state index contributed by atoms with van der Waals surface area (Å²) in [6.45, 7) is 7.01. The van der Waals surface area contributed by atoms with Crippen molar-refractivity contribution in [1.82, 2.24) is 5.43 Å². The SMILES string of the molecule is CCOC(CC)(CC)C(NN)c1sccc1Br. The van der Waals surface area contributed by atoms with Crippen molar-refractivity contribution in [2.75, 3.05) is 6.61 Å². The molecule has 0 aliphatic heterocycles. The molecule has 0 saturated heterocycles. The zero-order valence-electron chi connectivity index (χ0n) is 10.6. The lowest BCUT2D eigenvalue weighted by molar-refractivity contribution is -0.0727. The number of hydrogen-bond acceptors (Lipinski definition) is 4. The van der Waals surface area contributed by atoms with Gasteiger partial charge in [0.2, 0.25) is 0 Å². The number of hydrogen-bond donors (Lipinski definition) is 2. The molecule has 1 heterocycles. The highest BCUT2D eigenvalue weighted by Gasteiger charge is 2.38. The lowest BCUT2D eigenvalue weighted by Gasteiger charge is -2.38. The molecule has 0 aliphatic carbocycles. The van der Waals surface area contributed by atoms with Crippen molar-refractivity contribution in [2.45, 2.75) is 45.3 Å². The summed E-state index contributed by atoms with van der Waals surface area (Å²) < 4.78 is 7.10. The molecule has 98 valence electrons. The van der Waals surface area contributed by atoms with Crippen molar-refractivity contribution in [2.24, 2.45) is 5.84 Å². The molecule has 1 rings (SSSR count). The summed E-state index contributed by atoms with van der Waals surface area (Å²) in [7, 11) is 0. The number of thiophene rings is 1. The molecule has 1 aromatic rings. The third-order valence-corrected chi connectivity index (χ3v) is 5.16. The first kappa shape index (κ1) is 15.1. The van der Waals surface area contributed by atoms with Crippen molar-refractivity contribution >= 4 is 27.3 Å². The molecule has 0 radical (unpaired) electrons. The third-order valence-electron chi connectivity index (χ3n) is 3.23. The monoisotopic (exact) mass is 320 g/mol. The molecule has 5 heteroatoms. The van der Waals surface area contributed by atoms with E-state index in [2.05, 4.69) is 40.6 Å². The van der Waals surface area contributed by atoms with E-state index in [1.807, 2.05) is 13.0 Å². The summed E-state index contributed by atoms with van der Waals surface area (Å²) in [6, 6.07) is 2.07. The Morgan fingerprint density at radius 2 is 2.12 bits per heavy atom.